The molecule has 0 unspecified atom stereocenters. The maximum atomic E-state index is 12.1. The minimum atomic E-state index is -3.58. The van der Waals surface area contributed by atoms with Gasteiger partial charge in [-0.25, -0.2) is 0 Å². The van der Waals surface area contributed by atoms with Gasteiger partial charge in [0.15, 0.2) is 23.0 Å². The van der Waals surface area contributed by atoms with Crippen molar-refractivity contribution in [1.29, 1.82) is 0 Å². The van der Waals surface area contributed by atoms with Gasteiger partial charge in [-0.05, 0) is 97.8 Å². The van der Waals surface area contributed by atoms with Crippen molar-refractivity contribution in [3.8, 4) is 23.0 Å². The van der Waals surface area contributed by atoms with Gasteiger partial charge in [0.05, 0.1) is 35.0 Å². The molecule has 39 heavy (non-hydrogen) atoms. The summed E-state index contributed by atoms with van der Waals surface area (Å²) in [6, 6.07) is 11.9. The normalized spacial score (nSPS) is 11.4. The van der Waals surface area contributed by atoms with E-state index in [4.69, 9.17) is 23.1 Å². The average molecular weight is 585 g/mol. The molecule has 0 bridgehead atoms. The smallest absolute Gasteiger partial charge is 0.322 e. The number of hydrogen-bond donors (Lipinski definition) is 2. The summed E-state index contributed by atoms with van der Waals surface area (Å²) < 4.78 is 50.4. The summed E-state index contributed by atoms with van der Waals surface area (Å²) in [6.07, 6.45) is 5.92. The van der Waals surface area contributed by atoms with Gasteiger partial charge in [0.1, 0.15) is 0 Å². The summed E-state index contributed by atoms with van der Waals surface area (Å²) in [6.45, 7) is 2.88. The maximum absolute atomic E-state index is 12.1. The third-order valence-electron chi connectivity index (χ3n) is 6.05. The van der Waals surface area contributed by atoms with Crippen molar-refractivity contribution in [2.75, 3.05) is 67.0 Å². The van der Waals surface area contributed by atoms with Gasteiger partial charge in [0.2, 0.25) is 0 Å². The van der Waals surface area contributed by atoms with Crippen molar-refractivity contribution >= 4 is 19.9 Å². The van der Waals surface area contributed by atoms with E-state index >= 15 is 0 Å². The van der Waals surface area contributed by atoms with Crippen LogP contribution < -0.4 is 29.6 Å². The Kier molecular flexibility index (Phi) is 16.1. The highest BCUT2D eigenvalue weighted by Crippen LogP contribution is 2.29. The van der Waals surface area contributed by atoms with Crippen LogP contribution in [0.3, 0.4) is 0 Å². The van der Waals surface area contributed by atoms with E-state index in [-0.39, 0.29) is 6.61 Å². The lowest BCUT2D eigenvalue weighted by Crippen LogP contribution is -2.23. The van der Waals surface area contributed by atoms with E-state index in [1.165, 1.54) is 11.1 Å². The number of benzene rings is 2. The molecule has 0 heterocycles. The summed E-state index contributed by atoms with van der Waals surface area (Å²) in [4.78, 5) is 0. The van der Waals surface area contributed by atoms with E-state index in [0.717, 1.165) is 85.4 Å². The Morgan fingerprint density at radius 1 is 0.641 bits per heavy atom. The zero-order valence-electron chi connectivity index (χ0n) is 23.6. The highest BCUT2D eigenvalue weighted by molar-refractivity contribution is 8.70. The summed E-state index contributed by atoms with van der Waals surface area (Å²) in [5.41, 5.74) is 2.40. The Morgan fingerprint density at radius 2 is 1.13 bits per heavy atom. The number of methoxy groups -OCH3 is 4. The van der Waals surface area contributed by atoms with Gasteiger partial charge in [-0.2, -0.15) is 8.42 Å². The van der Waals surface area contributed by atoms with Crippen LogP contribution in [0.2, 0.25) is 0 Å². The molecule has 0 aliphatic heterocycles. The molecular weight excluding hydrogens is 540 g/mol. The first kappa shape index (κ1) is 33.0. The molecule has 0 aliphatic rings. The highest BCUT2D eigenvalue weighted by Gasteiger charge is 2.11. The molecule has 9 nitrogen and oxygen atoms in total. The molecule has 0 fully saturated rings. The molecule has 0 aliphatic carbocycles. The maximum Gasteiger partial charge on any atom is 0.322 e. The van der Waals surface area contributed by atoms with Crippen molar-refractivity contribution in [2.24, 2.45) is 0 Å². The third kappa shape index (κ3) is 13.1. The van der Waals surface area contributed by atoms with Crippen molar-refractivity contribution in [3.05, 3.63) is 47.5 Å². The zero-order valence-corrected chi connectivity index (χ0v) is 25.3. The molecule has 0 radical (unpaired) electrons. The molecule has 2 aromatic rings. The Hall–Kier alpha value is -2.18. The fourth-order valence-corrected chi connectivity index (χ4v) is 6.00. The molecule has 220 valence electrons. The lowest BCUT2D eigenvalue weighted by molar-refractivity contribution is 0.325. The number of hydrogen-bond acceptors (Lipinski definition) is 10. The molecular formula is C28H44N2O7S2. The molecule has 0 aromatic heterocycles. The van der Waals surface area contributed by atoms with Crippen LogP contribution in [0.15, 0.2) is 36.4 Å². The van der Waals surface area contributed by atoms with E-state index in [2.05, 4.69) is 10.6 Å². The Balaban J connectivity index is 1.44. The Labute approximate surface area is 237 Å². The standard InChI is InChI=1S/C28H44N2O7S2/c1-33-25-13-11-23(21-27(25)35-3)9-5-7-15-29-17-19-37-39(31,32)38-20-18-30-16-8-6-10-24-12-14-26(34-2)28(22-24)36-4/h11-14,21-22,29-30H,5-10,15-20H2,1-4H3. The molecule has 0 amide bonds. The Bertz CT molecular complexity index is 990. The van der Waals surface area contributed by atoms with Crippen molar-refractivity contribution < 1.29 is 31.5 Å². The van der Waals surface area contributed by atoms with E-state index in [0.29, 0.717) is 18.8 Å². The first-order valence-electron chi connectivity index (χ1n) is 13.3. The monoisotopic (exact) mass is 584 g/mol. The van der Waals surface area contributed by atoms with E-state index in [1.807, 2.05) is 36.4 Å². The number of unbranched alkanes of at least 4 members (excludes halogenated alkanes) is 2. The second kappa shape index (κ2) is 19.0. The van der Waals surface area contributed by atoms with Crippen LogP contribution in [-0.2, 0) is 26.2 Å². The number of rotatable bonds is 22. The van der Waals surface area contributed by atoms with Gasteiger partial charge in [-0.3, -0.25) is 4.18 Å². The number of ether oxygens (including phenoxy) is 4. The minimum absolute atomic E-state index is 0.134. The zero-order chi connectivity index (χ0) is 28.3. The number of nitrogens with one attached hydrogen (secondary N) is 2. The summed E-state index contributed by atoms with van der Waals surface area (Å²) in [5.74, 6) is 3.39. The largest absolute Gasteiger partial charge is 0.493 e. The molecule has 0 spiro atoms. The fraction of sp³-hybridized carbons (Fsp3) is 0.571. The lowest BCUT2D eigenvalue weighted by Gasteiger charge is -2.10. The van der Waals surface area contributed by atoms with Crippen LogP contribution in [0.25, 0.3) is 0 Å². The summed E-state index contributed by atoms with van der Waals surface area (Å²) in [7, 11) is 3.78. The topological polar surface area (TPSA) is 104 Å². The van der Waals surface area contributed by atoms with Gasteiger partial charge < -0.3 is 29.6 Å². The quantitative estimate of drug-likeness (QED) is 0.154. The number of aryl methyl sites for hydroxylation is 2. The molecule has 2 rings (SSSR count). The molecule has 2 N–H and O–H groups in total. The van der Waals surface area contributed by atoms with Crippen molar-refractivity contribution in [1.82, 2.24) is 10.6 Å². The van der Waals surface area contributed by atoms with Crippen LogP contribution in [0, 0.1) is 0 Å². The van der Waals surface area contributed by atoms with E-state index in [9.17, 15) is 8.42 Å². The molecule has 0 atom stereocenters. The van der Waals surface area contributed by atoms with Crippen LogP contribution in [-0.4, -0.2) is 75.4 Å². The fourth-order valence-electron chi connectivity index (χ4n) is 3.95. The van der Waals surface area contributed by atoms with Gasteiger partial charge in [-0.1, -0.05) is 12.1 Å². The molecule has 0 saturated carbocycles. The first-order valence-corrected chi connectivity index (χ1v) is 16.2. The van der Waals surface area contributed by atoms with Crippen LogP contribution in [0.1, 0.15) is 36.8 Å². The SMILES string of the molecule is COc1ccc(CCCCNCCOS(=O)(=O)SCCNCCCCc2ccc(OC)c(OC)c2)cc1OC. The van der Waals surface area contributed by atoms with Gasteiger partial charge in [0.25, 0.3) is 0 Å². The predicted octanol–water partition coefficient (Wildman–Crippen LogP) is 4.24. The molecule has 2 aromatic carbocycles. The van der Waals surface area contributed by atoms with Gasteiger partial charge >= 0.3 is 9.15 Å². The summed E-state index contributed by atoms with van der Waals surface area (Å²) >= 11 is 0. The second-order valence-corrected chi connectivity index (χ2v) is 12.5. The molecule has 0 saturated heterocycles. The predicted molar refractivity (Wildman–Crippen MR) is 158 cm³/mol. The highest BCUT2D eigenvalue weighted by atomic mass is 33.1. The van der Waals surface area contributed by atoms with Gasteiger partial charge in [0, 0.05) is 18.8 Å². The third-order valence-corrected chi connectivity index (χ3v) is 8.82. The first-order chi connectivity index (χ1) is 18.9. The van der Waals surface area contributed by atoms with Crippen molar-refractivity contribution in [3.63, 3.8) is 0 Å². The van der Waals surface area contributed by atoms with Crippen LogP contribution >= 0.6 is 10.8 Å². The minimum Gasteiger partial charge on any atom is -0.493 e. The van der Waals surface area contributed by atoms with Crippen LogP contribution in [0.4, 0.5) is 0 Å². The van der Waals surface area contributed by atoms with Crippen LogP contribution in [0.5, 0.6) is 23.0 Å². The van der Waals surface area contributed by atoms with E-state index in [1.54, 1.807) is 28.4 Å². The second-order valence-electron chi connectivity index (χ2n) is 8.85. The lowest BCUT2D eigenvalue weighted by atomic mass is 10.1. The average Bonchev–Trinajstić information content (AvgIpc) is 2.95. The molecule has 11 heteroatoms. The van der Waals surface area contributed by atoms with Crippen molar-refractivity contribution in [2.45, 2.75) is 38.5 Å². The van der Waals surface area contributed by atoms with Gasteiger partial charge in [-0.15, -0.1) is 0 Å². The van der Waals surface area contributed by atoms with E-state index < -0.39 is 9.15 Å². The summed E-state index contributed by atoms with van der Waals surface area (Å²) in [5, 5.41) is 6.53. The Morgan fingerprint density at radius 3 is 1.62 bits per heavy atom.